The number of benzene rings is 3. The molecule has 0 N–H and O–H groups in total. The maximum absolute atomic E-state index is 13.9. The van der Waals surface area contributed by atoms with Crippen LogP contribution in [0.25, 0.3) is 11.1 Å². The molecular formula is C42H53N3O3. The van der Waals surface area contributed by atoms with Crippen molar-refractivity contribution >= 4 is 17.5 Å². The van der Waals surface area contributed by atoms with Crippen LogP contribution in [-0.4, -0.2) is 68.0 Å². The minimum atomic E-state index is -0.0988. The minimum absolute atomic E-state index is 0.0750. The smallest absolute Gasteiger partial charge is 0.254 e. The van der Waals surface area contributed by atoms with E-state index in [-0.39, 0.29) is 17.2 Å². The van der Waals surface area contributed by atoms with Crippen LogP contribution in [-0.2, 0) is 5.41 Å². The van der Waals surface area contributed by atoms with Gasteiger partial charge in [0.15, 0.2) is 0 Å². The fraction of sp³-hybridized carbons (Fsp3) is 0.524. The van der Waals surface area contributed by atoms with Crippen LogP contribution >= 0.6 is 0 Å². The van der Waals surface area contributed by atoms with Crippen LogP contribution in [0.1, 0.15) is 92.5 Å². The van der Waals surface area contributed by atoms with Crippen molar-refractivity contribution in [3.8, 4) is 16.9 Å². The molecule has 0 spiro atoms. The molecule has 0 aromatic heterocycles. The number of piperazine rings is 1. The van der Waals surface area contributed by atoms with E-state index in [0.29, 0.717) is 25.1 Å². The molecule has 0 atom stereocenters. The molecule has 4 saturated carbocycles. The van der Waals surface area contributed by atoms with Crippen LogP contribution < -0.4 is 9.64 Å². The van der Waals surface area contributed by atoms with E-state index < -0.39 is 0 Å². The molecule has 3 aromatic carbocycles. The molecule has 6 heteroatoms. The van der Waals surface area contributed by atoms with Crippen molar-refractivity contribution in [2.45, 2.75) is 71.6 Å². The lowest BCUT2D eigenvalue weighted by molar-refractivity contribution is -0.0629. The Balaban J connectivity index is 0.989. The van der Waals surface area contributed by atoms with Crippen LogP contribution in [0.15, 0.2) is 66.7 Å². The van der Waals surface area contributed by atoms with Gasteiger partial charge in [-0.3, -0.25) is 9.59 Å². The van der Waals surface area contributed by atoms with Crippen LogP contribution in [0.2, 0.25) is 0 Å². The molecule has 4 aliphatic carbocycles. The molecule has 3 aromatic rings. The Hall–Kier alpha value is -3.80. The Bertz CT molecular complexity index is 1610. The molecule has 2 amide bonds. The zero-order chi connectivity index (χ0) is 33.6. The first-order valence-electron chi connectivity index (χ1n) is 18.3. The second-order valence-electron chi connectivity index (χ2n) is 16.4. The third-order valence-electron chi connectivity index (χ3n) is 11.7. The van der Waals surface area contributed by atoms with Crippen molar-refractivity contribution < 1.29 is 14.3 Å². The lowest BCUT2D eigenvalue weighted by Crippen LogP contribution is -2.51. The topological polar surface area (TPSA) is 53.1 Å². The Morgan fingerprint density at radius 3 is 2.06 bits per heavy atom. The summed E-state index contributed by atoms with van der Waals surface area (Å²) in [6, 6.07) is 22.6. The Kier molecular flexibility index (Phi) is 8.80. The summed E-state index contributed by atoms with van der Waals surface area (Å²) >= 11 is 0. The second-order valence-corrected chi connectivity index (χ2v) is 16.4. The minimum Gasteiger partial charge on any atom is -0.494 e. The van der Waals surface area contributed by atoms with Crippen LogP contribution in [0.3, 0.4) is 0 Å². The van der Waals surface area contributed by atoms with Crippen molar-refractivity contribution in [1.82, 2.24) is 9.80 Å². The highest BCUT2D eigenvalue weighted by Gasteiger charge is 2.51. The molecule has 1 aliphatic heterocycles. The molecular weight excluding hydrogens is 594 g/mol. The van der Waals surface area contributed by atoms with Gasteiger partial charge < -0.3 is 19.4 Å². The van der Waals surface area contributed by atoms with E-state index in [0.717, 1.165) is 76.6 Å². The van der Waals surface area contributed by atoms with Crippen LogP contribution in [0, 0.1) is 23.2 Å². The molecule has 8 rings (SSSR count). The van der Waals surface area contributed by atoms with Gasteiger partial charge in [-0.15, -0.1) is 0 Å². The van der Waals surface area contributed by atoms with Crippen molar-refractivity contribution in [3.05, 3.63) is 83.4 Å². The normalized spacial score (nSPS) is 24.9. The summed E-state index contributed by atoms with van der Waals surface area (Å²) < 4.78 is 5.76. The van der Waals surface area contributed by atoms with Gasteiger partial charge in [0.25, 0.3) is 11.8 Å². The summed E-state index contributed by atoms with van der Waals surface area (Å²) in [6.07, 6.45) is 8.23. The standard InChI is InChI=1S/C42H53N3O3/c1-6-48-38-9-7-8-33(24-38)34-21-35(23-36(22-34)41(2,3)4)40(47)45-16-14-44(15-17-45)37-12-10-32(11-13-37)39(46)43(5)28-42-25-29-18-30(26-42)20-31(19-29)27-42/h7-13,21-24,29-31H,6,14-20,25-28H2,1-5H3. The van der Waals surface area contributed by atoms with E-state index in [9.17, 15) is 9.59 Å². The third kappa shape index (κ3) is 6.73. The van der Waals surface area contributed by atoms with Crippen molar-refractivity contribution in [2.75, 3.05) is 51.3 Å². The van der Waals surface area contributed by atoms with Gasteiger partial charge in [-0.2, -0.15) is 0 Å². The molecule has 48 heavy (non-hydrogen) atoms. The number of rotatable bonds is 8. The summed E-state index contributed by atoms with van der Waals surface area (Å²) in [7, 11) is 2.00. The van der Waals surface area contributed by atoms with Gasteiger partial charge >= 0.3 is 0 Å². The SMILES string of the molecule is CCOc1cccc(-c2cc(C(=O)N3CCN(c4ccc(C(=O)N(C)CC56CC7CC(CC(C7)C5)C6)cc4)CC3)cc(C(C)(C)C)c2)c1. The summed E-state index contributed by atoms with van der Waals surface area (Å²) in [5.74, 6) is 3.72. The Morgan fingerprint density at radius 1 is 0.812 bits per heavy atom. The lowest BCUT2D eigenvalue weighted by Gasteiger charge is -2.57. The van der Waals surface area contributed by atoms with Crippen LogP contribution in [0.5, 0.6) is 5.75 Å². The third-order valence-corrected chi connectivity index (χ3v) is 11.7. The molecule has 0 unspecified atom stereocenters. The van der Waals surface area contributed by atoms with E-state index in [1.165, 1.54) is 38.5 Å². The van der Waals surface area contributed by atoms with Crippen molar-refractivity contribution in [1.29, 1.82) is 0 Å². The predicted molar refractivity (Wildman–Crippen MR) is 194 cm³/mol. The highest BCUT2D eigenvalue weighted by Crippen LogP contribution is 2.60. The molecule has 1 saturated heterocycles. The van der Waals surface area contributed by atoms with Crippen molar-refractivity contribution in [3.63, 3.8) is 0 Å². The number of carbonyl (C=O) groups is 2. The van der Waals surface area contributed by atoms with E-state index in [2.05, 4.69) is 62.1 Å². The molecule has 4 bridgehead atoms. The van der Waals surface area contributed by atoms with Gasteiger partial charge in [0.1, 0.15) is 5.75 Å². The van der Waals surface area contributed by atoms with E-state index >= 15 is 0 Å². The first-order valence-corrected chi connectivity index (χ1v) is 18.3. The van der Waals surface area contributed by atoms with E-state index in [1.807, 2.05) is 54.1 Å². The zero-order valence-corrected chi connectivity index (χ0v) is 29.6. The summed E-state index contributed by atoms with van der Waals surface area (Å²) in [6.45, 7) is 12.9. The number of hydrogen-bond donors (Lipinski definition) is 0. The summed E-state index contributed by atoms with van der Waals surface area (Å²) in [5, 5.41) is 0. The zero-order valence-electron chi connectivity index (χ0n) is 29.6. The number of amides is 2. The fourth-order valence-electron chi connectivity index (χ4n) is 9.73. The first-order chi connectivity index (χ1) is 23.0. The Morgan fingerprint density at radius 2 is 1.46 bits per heavy atom. The molecule has 5 aliphatic rings. The predicted octanol–water partition coefficient (Wildman–Crippen LogP) is 8.30. The van der Waals surface area contributed by atoms with Gasteiger partial charge in [0.2, 0.25) is 0 Å². The number of hydrogen-bond acceptors (Lipinski definition) is 4. The average Bonchev–Trinajstić information content (AvgIpc) is 3.06. The number of ether oxygens (including phenoxy) is 1. The van der Waals surface area contributed by atoms with Crippen molar-refractivity contribution in [2.24, 2.45) is 23.2 Å². The quantitative estimate of drug-likeness (QED) is 0.247. The lowest BCUT2D eigenvalue weighted by atomic mass is 9.49. The van der Waals surface area contributed by atoms with Crippen LogP contribution in [0.4, 0.5) is 5.69 Å². The maximum atomic E-state index is 13.9. The highest BCUT2D eigenvalue weighted by molar-refractivity contribution is 5.96. The highest BCUT2D eigenvalue weighted by atomic mass is 16.5. The Labute approximate surface area is 287 Å². The number of nitrogens with zero attached hydrogens (tertiary/aromatic N) is 3. The second kappa shape index (κ2) is 12.9. The molecule has 6 nitrogen and oxygen atoms in total. The summed E-state index contributed by atoms with van der Waals surface area (Å²) in [4.78, 5) is 33.8. The number of carbonyl (C=O) groups excluding carboxylic acids is 2. The van der Waals surface area contributed by atoms with Gasteiger partial charge in [0, 0.05) is 56.6 Å². The van der Waals surface area contributed by atoms with Gasteiger partial charge in [0.05, 0.1) is 6.61 Å². The van der Waals surface area contributed by atoms with Gasteiger partial charge in [-0.25, -0.2) is 0 Å². The van der Waals surface area contributed by atoms with E-state index in [4.69, 9.17) is 4.74 Å². The fourth-order valence-corrected chi connectivity index (χ4v) is 9.73. The summed E-state index contributed by atoms with van der Waals surface area (Å²) in [5.41, 5.74) is 6.07. The number of anilines is 1. The van der Waals surface area contributed by atoms with E-state index in [1.54, 1.807) is 0 Å². The monoisotopic (exact) mass is 647 g/mol. The first kappa shape index (κ1) is 32.7. The molecule has 1 heterocycles. The molecule has 0 radical (unpaired) electrons. The van der Waals surface area contributed by atoms with Gasteiger partial charge in [-0.1, -0.05) is 39.0 Å². The average molecular weight is 648 g/mol. The van der Waals surface area contributed by atoms with Gasteiger partial charge in [-0.05, 0) is 139 Å². The molecule has 254 valence electrons. The maximum Gasteiger partial charge on any atom is 0.254 e. The molecule has 5 fully saturated rings. The largest absolute Gasteiger partial charge is 0.494 e.